The lowest BCUT2D eigenvalue weighted by atomic mass is 9.32. The van der Waals surface area contributed by atoms with Crippen molar-refractivity contribution in [2.24, 2.45) is 56.2 Å². The Morgan fingerprint density at radius 1 is 0.878 bits per heavy atom. The fourth-order valence-electron chi connectivity index (χ4n) is 14.3. The van der Waals surface area contributed by atoms with Gasteiger partial charge in [-0.1, -0.05) is 41.0 Å². The molecule has 0 bridgehead atoms. The van der Waals surface area contributed by atoms with Crippen LogP contribution in [0.5, 0.6) is 0 Å². The molecule has 1 saturated heterocycles. The van der Waals surface area contributed by atoms with Gasteiger partial charge in [0.15, 0.2) is 0 Å². The summed E-state index contributed by atoms with van der Waals surface area (Å²) in [6.45, 7) is 22.1. The van der Waals surface area contributed by atoms with Gasteiger partial charge in [-0.15, -0.1) is 0 Å². The minimum absolute atomic E-state index is 0.0981. The zero-order chi connectivity index (χ0) is 35.9. The number of aliphatic carboxylic acids is 1. The molecule has 49 heavy (non-hydrogen) atoms. The summed E-state index contributed by atoms with van der Waals surface area (Å²) >= 11 is 0. The lowest BCUT2D eigenvalue weighted by Crippen LogP contribution is -2.66. The van der Waals surface area contributed by atoms with Crippen molar-refractivity contribution in [1.29, 1.82) is 0 Å². The van der Waals surface area contributed by atoms with E-state index in [0.29, 0.717) is 41.7 Å². The predicted octanol–water partition coefficient (Wildman–Crippen LogP) is 8.59. The molecular weight excluding hydrogens is 612 g/mol. The van der Waals surface area contributed by atoms with E-state index < -0.39 is 11.4 Å². The fourth-order valence-corrected chi connectivity index (χ4v) is 14.3. The Morgan fingerprint density at radius 3 is 2.22 bits per heavy atom. The number of ether oxygens (including phenoxy) is 1. The monoisotopic (exact) mass is 683 g/mol. The van der Waals surface area contributed by atoms with E-state index in [1.165, 1.54) is 51.4 Å². The summed E-state index contributed by atoms with van der Waals surface area (Å²) in [4.78, 5) is 43.6. The predicted molar refractivity (Wildman–Crippen MR) is 194 cm³/mol. The van der Waals surface area contributed by atoms with Crippen molar-refractivity contribution in [3.8, 4) is 0 Å². The molecule has 1 amide bonds. The molecule has 0 radical (unpaired) electrons. The number of rotatable bonds is 8. The van der Waals surface area contributed by atoms with Crippen molar-refractivity contribution in [1.82, 2.24) is 9.80 Å². The number of nitrogens with zero attached hydrogens (tertiary/aromatic N) is 2. The number of fused-ring (bicyclic) bond motifs is 7. The molecule has 7 heteroatoms. The molecule has 6 rings (SSSR count). The first-order valence-corrected chi connectivity index (χ1v) is 20.2. The average molecular weight is 683 g/mol. The van der Waals surface area contributed by atoms with Crippen molar-refractivity contribution in [2.45, 2.75) is 170 Å². The Morgan fingerprint density at radius 2 is 1.59 bits per heavy atom. The smallest absolute Gasteiger partial charge is 0.309 e. The van der Waals surface area contributed by atoms with Crippen molar-refractivity contribution < 1.29 is 24.2 Å². The van der Waals surface area contributed by atoms with E-state index >= 15 is 0 Å². The minimum atomic E-state index is -1.13. The first kappa shape index (κ1) is 37.1. The molecule has 0 spiro atoms. The number of esters is 1. The normalized spacial score (nSPS) is 44.7. The van der Waals surface area contributed by atoms with Gasteiger partial charge in [0.25, 0.3) is 0 Å². The van der Waals surface area contributed by atoms with Crippen LogP contribution < -0.4 is 0 Å². The molecule has 0 aromatic carbocycles. The Labute approximate surface area is 298 Å². The second-order valence-corrected chi connectivity index (χ2v) is 20.3. The highest BCUT2D eigenvalue weighted by molar-refractivity contribution is 5.81. The maximum absolute atomic E-state index is 14.2. The summed E-state index contributed by atoms with van der Waals surface area (Å²) in [6, 6.07) is 0.895. The number of carboxylic acids is 1. The zero-order valence-corrected chi connectivity index (χ0v) is 32.8. The van der Waals surface area contributed by atoms with Gasteiger partial charge in [-0.25, -0.2) is 0 Å². The first-order chi connectivity index (χ1) is 22.8. The van der Waals surface area contributed by atoms with E-state index in [-0.39, 0.29) is 45.6 Å². The van der Waals surface area contributed by atoms with Gasteiger partial charge in [0.1, 0.15) is 6.10 Å². The van der Waals surface area contributed by atoms with Crippen LogP contribution in [-0.4, -0.2) is 71.1 Å². The van der Waals surface area contributed by atoms with Crippen LogP contribution in [0.2, 0.25) is 0 Å². The van der Waals surface area contributed by atoms with E-state index in [2.05, 4.69) is 65.3 Å². The van der Waals surface area contributed by atoms with Gasteiger partial charge in [0, 0.05) is 37.0 Å². The molecule has 4 unspecified atom stereocenters. The van der Waals surface area contributed by atoms with Crippen LogP contribution in [0, 0.1) is 56.2 Å². The SMILES string of the molecule is CCN(C(=O)C[C@]12CCC[C@@H]1[C@H]1CCC3[C@@]4(C)CC[C@H](OC(=O)CC(C)(C)C(=O)O)C(C)(C)C4CC[C@@]3(C)[C@]1(C)CC2)C1CC(C)N(C)C1. The second-order valence-electron chi connectivity index (χ2n) is 20.3. The Hall–Kier alpha value is -1.63. The lowest BCUT2D eigenvalue weighted by Gasteiger charge is -2.72. The molecule has 6 fully saturated rings. The maximum Gasteiger partial charge on any atom is 0.309 e. The summed E-state index contributed by atoms with van der Waals surface area (Å²) in [6.07, 6.45) is 14.7. The molecule has 11 atom stereocenters. The lowest BCUT2D eigenvalue weighted by molar-refractivity contribution is -0.248. The number of carbonyl (C=O) groups is 3. The van der Waals surface area contributed by atoms with Crippen LogP contribution in [0.1, 0.15) is 152 Å². The minimum Gasteiger partial charge on any atom is -0.481 e. The fraction of sp³-hybridized carbons (Fsp3) is 0.929. The van der Waals surface area contributed by atoms with Gasteiger partial charge >= 0.3 is 11.9 Å². The molecule has 6 aliphatic rings. The molecule has 0 aromatic rings. The van der Waals surface area contributed by atoms with Gasteiger partial charge in [0.05, 0.1) is 11.8 Å². The van der Waals surface area contributed by atoms with Crippen molar-refractivity contribution in [3.63, 3.8) is 0 Å². The highest BCUT2D eigenvalue weighted by Crippen LogP contribution is 2.77. The van der Waals surface area contributed by atoms with E-state index in [1.807, 2.05) is 0 Å². The van der Waals surface area contributed by atoms with Gasteiger partial charge < -0.3 is 19.6 Å². The summed E-state index contributed by atoms with van der Waals surface area (Å²) in [5.74, 6) is 1.52. The van der Waals surface area contributed by atoms with Crippen LogP contribution >= 0.6 is 0 Å². The maximum atomic E-state index is 14.2. The Balaban J connectivity index is 1.19. The number of likely N-dealkylation sites (tertiary alicyclic amines) is 1. The van der Waals surface area contributed by atoms with Crippen LogP contribution in [-0.2, 0) is 19.1 Å². The van der Waals surface area contributed by atoms with Gasteiger partial charge in [-0.2, -0.15) is 0 Å². The van der Waals surface area contributed by atoms with Crippen molar-refractivity contribution in [3.05, 3.63) is 0 Å². The quantitative estimate of drug-likeness (QED) is 0.258. The molecular formula is C42H70N2O5. The topological polar surface area (TPSA) is 87.1 Å². The van der Waals surface area contributed by atoms with Crippen molar-refractivity contribution >= 4 is 17.8 Å². The first-order valence-electron chi connectivity index (χ1n) is 20.2. The van der Waals surface area contributed by atoms with Gasteiger partial charge in [0.2, 0.25) is 5.91 Å². The van der Waals surface area contributed by atoms with Crippen LogP contribution in [0.15, 0.2) is 0 Å². The van der Waals surface area contributed by atoms with E-state index in [9.17, 15) is 19.5 Å². The zero-order valence-electron chi connectivity index (χ0n) is 32.8. The Bertz CT molecular complexity index is 1300. The standard InChI is InChI=1S/C42H70N2O5/c1-11-44(28-23-27(2)43(10)26-28)34(45)24-42-18-12-13-30(42)29-14-15-32-39(7)19-17-33(49-35(46)25-37(3,4)36(47)48)38(5,6)31(39)16-20-41(32,9)40(29,8)21-22-42/h27-33H,11-26H2,1-10H3,(H,47,48)/t27?,28?,29-,30-,31?,32?,33+,39+,40-,41-,42-/m1/s1. The number of hydrogen-bond donors (Lipinski definition) is 1. The third-order valence-electron chi connectivity index (χ3n) is 17.4. The molecule has 1 heterocycles. The molecule has 1 N–H and O–H groups in total. The number of carboxylic acid groups (broad SMARTS) is 1. The van der Waals surface area contributed by atoms with E-state index in [1.54, 1.807) is 13.8 Å². The molecule has 278 valence electrons. The van der Waals surface area contributed by atoms with Crippen LogP contribution in [0.4, 0.5) is 0 Å². The van der Waals surface area contributed by atoms with E-state index in [4.69, 9.17) is 4.74 Å². The van der Waals surface area contributed by atoms with Gasteiger partial charge in [-0.3, -0.25) is 14.4 Å². The Kier molecular flexibility index (Phi) is 9.48. The van der Waals surface area contributed by atoms with E-state index in [0.717, 1.165) is 45.2 Å². The third-order valence-corrected chi connectivity index (χ3v) is 17.4. The molecule has 0 aromatic heterocycles. The number of hydrogen-bond acceptors (Lipinski definition) is 5. The summed E-state index contributed by atoms with van der Waals surface area (Å²) in [5, 5.41) is 9.59. The summed E-state index contributed by atoms with van der Waals surface area (Å²) in [7, 11) is 2.20. The number of likely N-dealkylation sites (N-methyl/N-ethyl adjacent to an activating group) is 2. The highest BCUT2D eigenvalue weighted by Gasteiger charge is 2.70. The summed E-state index contributed by atoms with van der Waals surface area (Å²) < 4.78 is 6.18. The number of carbonyl (C=O) groups excluding carboxylic acids is 2. The highest BCUT2D eigenvalue weighted by atomic mass is 16.5. The number of amides is 1. The van der Waals surface area contributed by atoms with Crippen LogP contribution in [0.25, 0.3) is 0 Å². The second kappa shape index (κ2) is 12.5. The third kappa shape index (κ3) is 5.72. The summed E-state index contributed by atoms with van der Waals surface area (Å²) in [5.41, 5.74) is -0.411. The molecule has 5 saturated carbocycles. The molecule has 7 nitrogen and oxygen atoms in total. The molecule has 1 aliphatic heterocycles. The molecule has 5 aliphatic carbocycles. The average Bonchev–Trinajstić information content (AvgIpc) is 3.57. The van der Waals surface area contributed by atoms with Crippen molar-refractivity contribution in [2.75, 3.05) is 20.1 Å². The van der Waals surface area contributed by atoms with Crippen LogP contribution in [0.3, 0.4) is 0 Å². The largest absolute Gasteiger partial charge is 0.481 e. The van der Waals surface area contributed by atoms with Gasteiger partial charge in [-0.05, 0) is 151 Å².